The summed E-state index contributed by atoms with van der Waals surface area (Å²) in [7, 11) is 0. The van der Waals surface area contributed by atoms with Crippen LogP contribution in [0.2, 0.25) is 0 Å². The predicted octanol–water partition coefficient (Wildman–Crippen LogP) is 7.58. The first-order chi connectivity index (χ1) is 22.5. The number of phenolic OH excluding ortho intramolecular Hbond substituents is 1. The fourth-order valence-corrected chi connectivity index (χ4v) is 8.07. The van der Waals surface area contributed by atoms with E-state index in [-0.39, 0.29) is 47.5 Å². The minimum Gasteiger partial charge on any atom is -0.505 e. The van der Waals surface area contributed by atoms with E-state index in [9.17, 15) is 19.1 Å². The lowest BCUT2D eigenvalue weighted by atomic mass is 9.69. The van der Waals surface area contributed by atoms with Gasteiger partial charge in [-0.15, -0.1) is 0 Å². The smallest absolute Gasteiger partial charge is 0.234 e. The number of carbonyl (C=O) groups excluding carboxylic acids is 2. The zero-order valence-corrected chi connectivity index (χ0v) is 25.9. The molecule has 6 nitrogen and oxygen atoms in total. The fraction of sp³-hybridized carbons (Fsp3) is 0.385. The first-order valence-corrected chi connectivity index (χ1v) is 16.6. The van der Waals surface area contributed by atoms with Crippen LogP contribution in [0.15, 0.2) is 90.0 Å². The molecule has 1 saturated carbocycles. The number of rotatable bonds is 9. The number of para-hydroxylation sites is 1. The monoisotopic (exact) mass is 621 g/mol. The molecule has 7 rings (SSSR count). The van der Waals surface area contributed by atoms with Crippen molar-refractivity contribution in [2.75, 3.05) is 13.2 Å². The molecular formula is C39H40FNO5. The van der Waals surface area contributed by atoms with Gasteiger partial charge in [0.05, 0.1) is 24.5 Å². The molecule has 4 atom stereocenters. The highest BCUT2D eigenvalue weighted by atomic mass is 19.1. The number of ether oxygens (including phenoxy) is 2. The molecule has 238 valence electrons. The summed E-state index contributed by atoms with van der Waals surface area (Å²) in [6.07, 6.45) is 8.60. The molecule has 4 aliphatic rings. The summed E-state index contributed by atoms with van der Waals surface area (Å²) >= 11 is 0. The van der Waals surface area contributed by atoms with Crippen LogP contribution >= 0.6 is 0 Å². The molecule has 3 fully saturated rings. The van der Waals surface area contributed by atoms with E-state index in [0.29, 0.717) is 38.0 Å². The lowest BCUT2D eigenvalue weighted by Gasteiger charge is -2.32. The minimum absolute atomic E-state index is 0.00763. The zero-order valence-electron chi connectivity index (χ0n) is 25.9. The van der Waals surface area contributed by atoms with E-state index in [2.05, 4.69) is 0 Å². The van der Waals surface area contributed by atoms with Gasteiger partial charge in [-0.2, -0.15) is 0 Å². The number of halogens is 1. The molecule has 0 spiro atoms. The van der Waals surface area contributed by atoms with Crippen molar-refractivity contribution in [3.63, 3.8) is 0 Å². The Balaban J connectivity index is 1.18. The number of carbonyl (C=O) groups is 2. The molecular weight excluding hydrogens is 581 g/mol. The quantitative estimate of drug-likeness (QED) is 0.151. The number of benzene rings is 3. The summed E-state index contributed by atoms with van der Waals surface area (Å²) in [5, 5.41) is 9.71. The normalized spacial score (nSPS) is 25.2. The Morgan fingerprint density at radius 3 is 2.41 bits per heavy atom. The van der Waals surface area contributed by atoms with Crippen LogP contribution < -0.4 is 4.74 Å². The summed E-state index contributed by atoms with van der Waals surface area (Å²) in [5.41, 5.74) is 4.89. The van der Waals surface area contributed by atoms with Gasteiger partial charge in [-0.3, -0.25) is 14.5 Å². The third-order valence-corrected chi connectivity index (χ3v) is 10.3. The molecule has 2 amide bonds. The molecule has 46 heavy (non-hydrogen) atoms. The van der Waals surface area contributed by atoms with E-state index in [1.54, 1.807) is 11.0 Å². The van der Waals surface area contributed by atoms with Gasteiger partial charge in [0.1, 0.15) is 12.4 Å². The molecule has 0 bridgehead atoms. The third-order valence-electron chi connectivity index (χ3n) is 10.3. The Hall–Kier alpha value is -4.23. The first kappa shape index (κ1) is 30.4. The van der Waals surface area contributed by atoms with Crippen LogP contribution in [0.1, 0.15) is 62.5 Å². The zero-order chi connectivity index (χ0) is 31.6. The van der Waals surface area contributed by atoms with Crippen molar-refractivity contribution in [1.82, 2.24) is 4.90 Å². The van der Waals surface area contributed by atoms with Crippen LogP contribution in [0.3, 0.4) is 0 Å². The molecule has 0 radical (unpaired) electrons. The van der Waals surface area contributed by atoms with Crippen LogP contribution in [0.4, 0.5) is 4.39 Å². The summed E-state index contributed by atoms with van der Waals surface area (Å²) in [6.45, 7) is 0.749. The Bertz CT molecular complexity index is 1650. The average molecular weight is 622 g/mol. The second-order valence-corrected chi connectivity index (χ2v) is 13.0. The molecule has 2 saturated heterocycles. The van der Waals surface area contributed by atoms with Crippen molar-refractivity contribution in [2.24, 2.45) is 17.8 Å². The highest BCUT2D eigenvalue weighted by molar-refractivity contribution is 6.06. The number of fused-ring (bicyclic) bond motifs is 3. The molecule has 0 aromatic heterocycles. The number of likely N-dealkylation sites (tertiary alicyclic amines) is 1. The molecule has 2 heterocycles. The predicted molar refractivity (Wildman–Crippen MR) is 174 cm³/mol. The van der Waals surface area contributed by atoms with Crippen LogP contribution in [0.25, 0.3) is 11.6 Å². The first-order valence-electron chi connectivity index (χ1n) is 16.6. The van der Waals surface area contributed by atoms with Crippen molar-refractivity contribution >= 4 is 23.5 Å². The maximum Gasteiger partial charge on any atom is 0.234 e. The number of hydrogen-bond donors (Lipinski definition) is 1. The second-order valence-electron chi connectivity index (χ2n) is 13.0. The molecule has 1 N–H and O–H groups in total. The molecule has 3 aromatic carbocycles. The average Bonchev–Trinajstić information content (AvgIpc) is 3.62. The van der Waals surface area contributed by atoms with Gasteiger partial charge in [0.2, 0.25) is 11.8 Å². The summed E-state index contributed by atoms with van der Waals surface area (Å²) in [5.74, 6) is -1.22. The van der Waals surface area contributed by atoms with E-state index in [0.717, 1.165) is 60.1 Å². The summed E-state index contributed by atoms with van der Waals surface area (Å²) < 4.78 is 27.0. The summed E-state index contributed by atoms with van der Waals surface area (Å²) in [4.78, 5) is 29.5. The molecule has 2 aliphatic carbocycles. The molecule has 3 aromatic rings. The number of phenols is 1. The van der Waals surface area contributed by atoms with Gasteiger partial charge in [-0.25, -0.2) is 4.39 Å². The van der Waals surface area contributed by atoms with Crippen molar-refractivity contribution in [1.29, 1.82) is 0 Å². The van der Waals surface area contributed by atoms with Gasteiger partial charge in [-0.1, -0.05) is 79.9 Å². The van der Waals surface area contributed by atoms with Gasteiger partial charge in [-0.05, 0) is 84.2 Å². The van der Waals surface area contributed by atoms with E-state index >= 15 is 0 Å². The maximum atomic E-state index is 14.2. The lowest BCUT2D eigenvalue weighted by Crippen LogP contribution is -2.42. The number of hydrogen-bond acceptors (Lipinski definition) is 5. The fourth-order valence-electron chi connectivity index (χ4n) is 8.07. The maximum absolute atomic E-state index is 14.2. The second kappa shape index (κ2) is 13.2. The molecule has 7 heteroatoms. The summed E-state index contributed by atoms with van der Waals surface area (Å²) in [6, 6.07) is 24.1. The number of nitrogens with zero attached hydrogens (tertiary/aromatic N) is 1. The highest BCUT2D eigenvalue weighted by Gasteiger charge is 2.58. The van der Waals surface area contributed by atoms with E-state index in [4.69, 9.17) is 9.47 Å². The lowest BCUT2D eigenvalue weighted by molar-refractivity contribution is -0.143. The van der Waals surface area contributed by atoms with Gasteiger partial charge >= 0.3 is 0 Å². The van der Waals surface area contributed by atoms with E-state index < -0.39 is 5.82 Å². The largest absolute Gasteiger partial charge is 0.505 e. The number of imide groups is 1. The van der Waals surface area contributed by atoms with Crippen LogP contribution in [0, 0.1) is 23.6 Å². The molecule has 2 aliphatic heterocycles. The van der Waals surface area contributed by atoms with Gasteiger partial charge < -0.3 is 14.6 Å². The minimum atomic E-state index is -0.661. The van der Waals surface area contributed by atoms with E-state index in [1.165, 1.54) is 12.1 Å². The number of amides is 2. The SMILES string of the molecule is O=C1[C@@H]2[C@@H](CC(COc3ccccc3)=C3[C@@H](CC/C(=C/c4ccc(O)c(F)c4)c4ccccc4)OC[C@@H]32)C(=O)N1C1CCCCC1. The standard InChI is InChI=1S/C39H40FNO5/c40-33-21-25(16-18-34(33)42)20-27(26-10-4-1-5-11-26)17-19-35-36-28(23-45-30-14-8-3-9-15-30)22-31-37(32(36)24-46-35)39(44)41(38(31)43)29-12-6-2-7-13-29/h1,3-5,8-11,14-16,18,20-21,29,31-32,35,37,42H,2,6-7,12-13,17,19,22-24H2/b27-20-/t31-,32+,35-,37-/m1/s1. The Kier molecular flexibility index (Phi) is 8.76. The van der Waals surface area contributed by atoms with Gasteiger partial charge in [0.25, 0.3) is 0 Å². The van der Waals surface area contributed by atoms with E-state index in [1.807, 2.05) is 66.7 Å². The Morgan fingerprint density at radius 2 is 1.67 bits per heavy atom. The van der Waals surface area contributed by atoms with Crippen molar-refractivity contribution in [2.45, 2.75) is 63.5 Å². The number of aromatic hydroxyl groups is 1. The van der Waals surface area contributed by atoms with Crippen molar-refractivity contribution in [3.05, 3.63) is 107 Å². The molecule has 0 unspecified atom stereocenters. The Morgan fingerprint density at radius 1 is 0.935 bits per heavy atom. The topological polar surface area (TPSA) is 76.1 Å². The van der Waals surface area contributed by atoms with Crippen LogP contribution in [0.5, 0.6) is 11.5 Å². The van der Waals surface area contributed by atoms with Crippen molar-refractivity contribution in [3.8, 4) is 11.5 Å². The van der Waals surface area contributed by atoms with Gasteiger partial charge in [0, 0.05) is 12.0 Å². The highest BCUT2D eigenvalue weighted by Crippen LogP contribution is 2.51. The number of allylic oxidation sites excluding steroid dienone is 1. The third kappa shape index (κ3) is 6.01. The van der Waals surface area contributed by atoms with Crippen LogP contribution in [-0.4, -0.2) is 47.2 Å². The Labute approximate surface area is 269 Å². The van der Waals surface area contributed by atoms with Crippen LogP contribution in [-0.2, 0) is 14.3 Å². The van der Waals surface area contributed by atoms with Crippen molar-refractivity contribution < 1.29 is 28.6 Å². The van der Waals surface area contributed by atoms with Gasteiger partial charge in [0.15, 0.2) is 11.6 Å².